The zero-order valence-corrected chi connectivity index (χ0v) is 10.3. The molecule has 2 N–H and O–H groups in total. The molecule has 0 aliphatic carbocycles. The number of ether oxygens (including phenoxy) is 1. The van der Waals surface area contributed by atoms with Crippen LogP contribution in [0.5, 0.6) is 0 Å². The Morgan fingerprint density at radius 2 is 2.32 bits per heavy atom. The summed E-state index contributed by atoms with van der Waals surface area (Å²) in [4.78, 5) is 23.9. The van der Waals surface area contributed by atoms with E-state index in [9.17, 15) is 14.9 Å². The predicted molar refractivity (Wildman–Crippen MR) is 64.8 cm³/mol. The molecule has 1 aromatic rings. The molecule has 0 saturated carbocycles. The maximum atomic E-state index is 11.7. The second-order valence-electron chi connectivity index (χ2n) is 4.10. The molecule has 0 spiro atoms. The number of nitrogens with zero attached hydrogens (tertiary/aromatic N) is 3. The van der Waals surface area contributed by atoms with Crippen LogP contribution in [0.2, 0.25) is 0 Å². The van der Waals surface area contributed by atoms with Gasteiger partial charge < -0.3 is 10.1 Å². The minimum atomic E-state index is -0.639. The standard InChI is InChI=1S/C10H15N5O4/c16-10(9-8(15(17)18)7-12-13-9)11-1-2-14-3-5-19-6-4-14/h7H,1-6H2,(H,11,16)(H,12,13). The van der Waals surface area contributed by atoms with Crippen molar-refractivity contribution in [3.05, 3.63) is 22.0 Å². The van der Waals surface area contributed by atoms with Crippen LogP contribution in [0.4, 0.5) is 5.69 Å². The van der Waals surface area contributed by atoms with Crippen LogP contribution in [0, 0.1) is 10.1 Å². The first-order chi connectivity index (χ1) is 9.18. The highest BCUT2D eigenvalue weighted by Gasteiger charge is 2.22. The molecule has 0 aromatic carbocycles. The molecule has 1 aromatic heterocycles. The van der Waals surface area contributed by atoms with Gasteiger partial charge in [-0.15, -0.1) is 0 Å². The third-order valence-corrected chi connectivity index (χ3v) is 2.86. The van der Waals surface area contributed by atoms with Crippen molar-refractivity contribution in [3.63, 3.8) is 0 Å². The minimum Gasteiger partial charge on any atom is -0.379 e. The Balaban J connectivity index is 1.80. The van der Waals surface area contributed by atoms with Crippen molar-refractivity contribution in [2.45, 2.75) is 0 Å². The summed E-state index contributed by atoms with van der Waals surface area (Å²) in [5.74, 6) is -0.516. The predicted octanol–water partition coefficient (Wildman–Crippen LogP) is -0.620. The highest BCUT2D eigenvalue weighted by Crippen LogP contribution is 2.13. The number of carbonyl (C=O) groups is 1. The van der Waals surface area contributed by atoms with Gasteiger partial charge in [-0.05, 0) is 0 Å². The third kappa shape index (κ3) is 3.48. The summed E-state index contributed by atoms with van der Waals surface area (Å²) in [6.07, 6.45) is 1.02. The lowest BCUT2D eigenvalue weighted by Gasteiger charge is -2.26. The Hall–Kier alpha value is -2.00. The average Bonchev–Trinajstić information content (AvgIpc) is 2.89. The number of hydrogen-bond acceptors (Lipinski definition) is 6. The summed E-state index contributed by atoms with van der Waals surface area (Å²) < 4.78 is 5.21. The molecule has 9 heteroatoms. The second-order valence-corrected chi connectivity index (χ2v) is 4.10. The van der Waals surface area contributed by atoms with E-state index in [1.165, 1.54) is 0 Å². The van der Waals surface area contributed by atoms with Crippen LogP contribution < -0.4 is 5.32 Å². The van der Waals surface area contributed by atoms with E-state index >= 15 is 0 Å². The van der Waals surface area contributed by atoms with Crippen LogP contribution in [0.25, 0.3) is 0 Å². The van der Waals surface area contributed by atoms with Gasteiger partial charge in [0.1, 0.15) is 6.20 Å². The number of carbonyl (C=O) groups excluding carboxylic acids is 1. The smallest absolute Gasteiger partial charge is 0.319 e. The molecule has 1 amide bonds. The van der Waals surface area contributed by atoms with Gasteiger partial charge in [-0.2, -0.15) is 5.10 Å². The SMILES string of the molecule is O=C(NCCN1CCOCC1)c1[nH]ncc1[N+](=O)[O-]. The first-order valence-corrected chi connectivity index (χ1v) is 5.94. The van der Waals surface area contributed by atoms with Crippen LogP contribution in [-0.2, 0) is 4.74 Å². The van der Waals surface area contributed by atoms with Crippen LogP contribution in [0.15, 0.2) is 6.20 Å². The van der Waals surface area contributed by atoms with E-state index in [0.29, 0.717) is 26.3 Å². The van der Waals surface area contributed by atoms with E-state index in [0.717, 1.165) is 19.3 Å². The lowest BCUT2D eigenvalue weighted by atomic mass is 10.3. The Bertz CT molecular complexity index is 455. The Morgan fingerprint density at radius 1 is 1.58 bits per heavy atom. The van der Waals surface area contributed by atoms with E-state index in [-0.39, 0.29) is 11.4 Å². The van der Waals surface area contributed by atoms with Gasteiger partial charge in [-0.3, -0.25) is 24.9 Å². The molecule has 1 aliphatic rings. The molecular weight excluding hydrogens is 254 g/mol. The lowest BCUT2D eigenvalue weighted by Crippen LogP contribution is -2.41. The molecule has 104 valence electrons. The molecule has 0 radical (unpaired) electrons. The fraction of sp³-hybridized carbons (Fsp3) is 0.600. The van der Waals surface area contributed by atoms with Crippen LogP contribution >= 0.6 is 0 Å². The first kappa shape index (κ1) is 13.4. The summed E-state index contributed by atoms with van der Waals surface area (Å²) in [5.41, 5.74) is -0.434. The quantitative estimate of drug-likeness (QED) is 0.544. The van der Waals surface area contributed by atoms with Gasteiger partial charge in [-0.1, -0.05) is 0 Å². The molecule has 2 heterocycles. The summed E-state index contributed by atoms with van der Waals surface area (Å²) in [7, 11) is 0. The summed E-state index contributed by atoms with van der Waals surface area (Å²) in [6, 6.07) is 0. The average molecular weight is 269 g/mol. The number of hydrogen-bond donors (Lipinski definition) is 2. The topological polar surface area (TPSA) is 113 Å². The van der Waals surface area contributed by atoms with Crippen molar-refractivity contribution in [2.75, 3.05) is 39.4 Å². The number of nitro groups is 1. The Labute approximate surface area is 109 Å². The summed E-state index contributed by atoms with van der Waals surface area (Å²) >= 11 is 0. The number of aromatic nitrogens is 2. The number of nitrogens with one attached hydrogen (secondary N) is 2. The highest BCUT2D eigenvalue weighted by molar-refractivity contribution is 5.95. The molecular formula is C10H15N5O4. The fourth-order valence-corrected chi connectivity index (χ4v) is 1.83. The van der Waals surface area contributed by atoms with Gasteiger partial charge in [0.05, 0.1) is 18.1 Å². The number of amides is 1. The monoisotopic (exact) mass is 269 g/mol. The van der Waals surface area contributed by atoms with E-state index in [4.69, 9.17) is 4.74 Å². The summed E-state index contributed by atoms with van der Waals surface area (Å²) in [5, 5.41) is 19.1. The third-order valence-electron chi connectivity index (χ3n) is 2.86. The molecule has 0 bridgehead atoms. The van der Waals surface area contributed by atoms with Crippen molar-refractivity contribution in [1.29, 1.82) is 0 Å². The summed E-state index contributed by atoms with van der Waals surface area (Å²) in [6.45, 7) is 4.17. The van der Waals surface area contributed by atoms with Gasteiger partial charge in [0.15, 0.2) is 0 Å². The van der Waals surface area contributed by atoms with Crippen molar-refractivity contribution in [3.8, 4) is 0 Å². The van der Waals surface area contributed by atoms with Crippen molar-refractivity contribution < 1.29 is 14.5 Å². The van der Waals surface area contributed by atoms with E-state index in [1.807, 2.05) is 0 Å². The zero-order chi connectivity index (χ0) is 13.7. The zero-order valence-electron chi connectivity index (χ0n) is 10.3. The van der Waals surface area contributed by atoms with Crippen molar-refractivity contribution in [1.82, 2.24) is 20.4 Å². The molecule has 0 unspecified atom stereocenters. The van der Waals surface area contributed by atoms with Crippen LogP contribution in [0.1, 0.15) is 10.5 Å². The molecule has 2 rings (SSSR count). The van der Waals surface area contributed by atoms with Gasteiger partial charge in [0.25, 0.3) is 5.91 Å². The molecule has 0 atom stereocenters. The minimum absolute atomic E-state index is 0.119. The van der Waals surface area contributed by atoms with Crippen molar-refractivity contribution >= 4 is 11.6 Å². The largest absolute Gasteiger partial charge is 0.379 e. The molecule has 9 nitrogen and oxygen atoms in total. The first-order valence-electron chi connectivity index (χ1n) is 5.94. The normalized spacial score (nSPS) is 16.2. The lowest BCUT2D eigenvalue weighted by molar-refractivity contribution is -0.385. The maximum absolute atomic E-state index is 11.7. The molecule has 19 heavy (non-hydrogen) atoms. The van der Waals surface area contributed by atoms with Gasteiger partial charge in [0.2, 0.25) is 5.69 Å². The van der Waals surface area contributed by atoms with E-state index in [1.54, 1.807) is 0 Å². The Kier molecular flexibility index (Phi) is 4.42. The highest BCUT2D eigenvalue weighted by atomic mass is 16.6. The van der Waals surface area contributed by atoms with Gasteiger partial charge in [-0.25, -0.2) is 0 Å². The maximum Gasteiger partial charge on any atom is 0.319 e. The fourth-order valence-electron chi connectivity index (χ4n) is 1.83. The molecule has 1 saturated heterocycles. The van der Waals surface area contributed by atoms with Gasteiger partial charge in [0, 0.05) is 26.2 Å². The Morgan fingerprint density at radius 3 is 3.00 bits per heavy atom. The number of rotatable bonds is 5. The van der Waals surface area contributed by atoms with E-state index < -0.39 is 10.8 Å². The van der Waals surface area contributed by atoms with Crippen molar-refractivity contribution in [2.24, 2.45) is 0 Å². The van der Waals surface area contributed by atoms with Crippen LogP contribution in [-0.4, -0.2) is 65.3 Å². The molecule has 1 fully saturated rings. The number of aromatic amines is 1. The second kappa shape index (κ2) is 6.25. The number of H-pyrrole nitrogens is 1. The molecule has 1 aliphatic heterocycles. The van der Waals surface area contributed by atoms with Gasteiger partial charge >= 0.3 is 5.69 Å². The van der Waals surface area contributed by atoms with E-state index in [2.05, 4.69) is 20.4 Å². The number of morpholine rings is 1. The van der Waals surface area contributed by atoms with Crippen LogP contribution in [0.3, 0.4) is 0 Å².